The van der Waals surface area contributed by atoms with Crippen LogP contribution in [0.4, 0.5) is 0 Å². The number of aromatic nitrogens is 1. The van der Waals surface area contributed by atoms with Crippen LogP contribution in [0.5, 0.6) is 0 Å². The Balaban J connectivity index is 2.43. The van der Waals surface area contributed by atoms with E-state index in [9.17, 15) is 0 Å². The molecule has 3 nitrogen and oxygen atoms in total. The average molecular weight is 194 g/mol. The molecule has 0 spiro atoms. The molecule has 0 radical (unpaired) electrons. The molecule has 0 unspecified atom stereocenters. The van der Waals surface area contributed by atoms with Gasteiger partial charge in [0.25, 0.3) is 0 Å². The minimum absolute atomic E-state index is 0.557. The molecule has 0 aliphatic heterocycles. The fourth-order valence-electron chi connectivity index (χ4n) is 1.13. The third kappa shape index (κ3) is 1.50. The van der Waals surface area contributed by atoms with Crippen molar-refractivity contribution < 1.29 is 4.42 Å². The highest BCUT2D eigenvalue weighted by Crippen LogP contribution is 2.27. The average Bonchev–Trinajstić information content (AvgIpc) is 2.71. The van der Waals surface area contributed by atoms with Crippen LogP contribution in [0.15, 0.2) is 23.0 Å². The number of furan rings is 1. The number of aryl methyl sites for hydroxylation is 1. The summed E-state index contributed by atoms with van der Waals surface area (Å²) < 4.78 is 4.99. The number of nitrogens with zero attached hydrogens (tertiary/aromatic N) is 1. The number of nitrogens with two attached hydrogens (primary N) is 1. The van der Waals surface area contributed by atoms with E-state index >= 15 is 0 Å². The number of hydrogen-bond donors (Lipinski definition) is 1. The molecule has 0 aliphatic rings. The fourth-order valence-corrected chi connectivity index (χ4v) is 2.05. The summed E-state index contributed by atoms with van der Waals surface area (Å²) >= 11 is 1.62. The second kappa shape index (κ2) is 3.32. The molecule has 4 heteroatoms. The predicted molar refractivity (Wildman–Crippen MR) is 52.4 cm³/mol. The molecule has 0 saturated carbocycles. The summed E-state index contributed by atoms with van der Waals surface area (Å²) in [4.78, 5) is 5.54. The lowest BCUT2D eigenvalue weighted by Crippen LogP contribution is -1.94. The van der Waals surface area contributed by atoms with E-state index < -0.39 is 0 Å². The maximum Gasteiger partial charge on any atom is 0.127 e. The van der Waals surface area contributed by atoms with Crippen LogP contribution in [-0.2, 0) is 6.54 Å². The molecule has 2 heterocycles. The van der Waals surface area contributed by atoms with Crippen LogP contribution in [-0.4, -0.2) is 4.98 Å². The van der Waals surface area contributed by atoms with E-state index in [1.165, 1.54) is 0 Å². The normalized spacial score (nSPS) is 10.6. The quantitative estimate of drug-likeness (QED) is 0.797. The van der Waals surface area contributed by atoms with Gasteiger partial charge in [-0.25, -0.2) is 4.98 Å². The highest BCUT2D eigenvalue weighted by Gasteiger charge is 2.08. The van der Waals surface area contributed by atoms with Crippen molar-refractivity contribution >= 4 is 11.3 Å². The van der Waals surface area contributed by atoms with E-state index in [4.69, 9.17) is 10.2 Å². The van der Waals surface area contributed by atoms with Crippen molar-refractivity contribution in [2.75, 3.05) is 0 Å². The van der Waals surface area contributed by atoms with Crippen molar-refractivity contribution in [3.8, 4) is 10.6 Å². The van der Waals surface area contributed by atoms with Crippen molar-refractivity contribution in [2.45, 2.75) is 13.5 Å². The van der Waals surface area contributed by atoms with E-state index in [0.29, 0.717) is 6.54 Å². The van der Waals surface area contributed by atoms with Crippen LogP contribution in [0.25, 0.3) is 10.6 Å². The first kappa shape index (κ1) is 8.47. The number of hydrogen-bond acceptors (Lipinski definition) is 4. The molecule has 0 aromatic carbocycles. The second-order valence-electron chi connectivity index (χ2n) is 2.74. The van der Waals surface area contributed by atoms with Crippen molar-refractivity contribution in [1.29, 1.82) is 0 Å². The van der Waals surface area contributed by atoms with Crippen LogP contribution < -0.4 is 5.73 Å². The number of thiazole rings is 1. The van der Waals surface area contributed by atoms with Crippen LogP contribution >= 0.6 is 11.3 Å². The topological polar surface area (TPSA) is 52.0 Å². The molecule has 68 valence electrons. The van der Waals surface area contributed by atoms with Gasteiger partial charge in [0.05, 0.1) is 12.0 Å². The summed E-state index contributed by atoms with van der Waals surface area (Å²) in [6.07, 6.45) is 3.34. The Morgan fingerprint density at radius 2 is 2.46 bits per heavy atom. The van der Waals surface area contributed by atoms with Crippen molar-refractivity contribution in [1.82, 2.24) is 4.98 Å². The van der Waals surface area contributed by atoms with Crippen LogP contribution in [0, 0.1) is 6.92 Å². The van der Waals surface area contributed by atoms with Crippen LogP contribution in [0.3, 0.4) is 0 Å². The Kier molecular flexibility index (Phi) is 2.16. The fraction of sp³-hybridized carbons (Fsp3) is 0.222. The molecule has 2 N–H and O–H groups in total. The summed E-state index contributed by atoms with van der Waals surface area (Å²) in [5.74, 6) is 0. The summed E-state index contributed by atoms with van der Waals surface area (Å²) in [5, 5.41) is 0.978. The largest absolute Gasteiger partial charge is 0.472 e. The highest BCUT2D eigenvalue weighted by atomic mass is 32.1. The van der Waals surface area contributed by atoms with Gasteiger partial charge in [0, 0.05) is 17.0 Å². The minimum Gasteiger partial charge on any atom is -0.472 e. The molecule has 13 heavy (non-hydrogen) atoms. The molecule has 0 aliphatic carbocycles. The summed E-state index contributed by atoms with van der Waals surface area (Å²) in [7, 11) is 0. The SMILES string of the molecule is Cc1nc(-c2ccoc2)sc1CN. The van der Waals surface area contributed by atoms with Crippen LogP contribution in [0.1, 0.15) is 10.6 Å². The lowest BCUT2D eigenvalue weighted by atomic mass is 10.3. The molecule has 2 aromatic rings. The van der Waals surface area contributed by atoms with Gasteiger partial charge in [-0.15, -0.1) is 11.3 Å². The zero-order valence-corrected chi connectivity index (χ0v) is 8.10. The van der Waals surface area contributed by atoms with Gasteiger partial charge < -0.3 is 10.2 Å². The molecule has 0 bridgehead atoms. The Labute approximate surface area is 80.2 Å². The Morgan fingerprint density at radius 1 is 1.62 bits per heavy atom. The molecular weight excluding hydrogens is 184 g/mol. The third-order valence-electron chi connectivity index (χ3n) is 1.85. The monoisotopic (exact) mass is 194 g/mol. The van der Waals surface area contributed by atoms with Gasteiger partial charge in [-0.3, -0.25) is 0 Å². The van der Waals surface area contributed by atoms with Crippen molar-refractivity contribution in [2.24, 2.45) is 5.73 Å². The van der Waals surface area contributed by atoms with Gasteiger partial charge >= 0.3 is 0 Å². The Bertz CT molecular complexity index is 392. The first-order valence-electron chi connectivity index (χ1n) is 4.00. The predicted octanol–water partition coefficient (Wildman–Crippen LogP) is 2.17. The molecule has 0 amide bonds. The first-order chi connectivity index (χ1) is 6.31. The smallest absolute Gasteiger partial charge is 0.127 e. The summed E-state index contributed by atoms with van der Waals surface area (Å²) in [6.45, 7) is 2.53. The molecule has 0 atom stereocenters. The van der Waals surface area contributed by atoms with E-state index in [1.54, 1.807) is 23.9 Å². The van der Waals surface area contributed by atoms with E-state index in [2.05, 4.69) is 4.98 Å². The van der Waals surface area contributed by atoms with Crippen molar-refractivity contribution in [3.05, 3.63) is 29.2 Å². The summed E-state index contributed by atoms with van der Waals surface area (Å²) in [5.41, 5.74) is 7.60. The van der Waals surface area contributed by atoms with Crippen LogP contribution in [0.2, 0.25) is 0 Å². The lowest BCUT2D eigenvalue weighted by molar-refractivity contribution is 0.568. The Morgan fingerprint density at radius 3 is 3.00 bits per heavy atom. The lowest BCUT2D eigenvalue weighted by Gasteiger charge is -1.86. The molecule has 0 fully saturated rings. The molecule has 2 rings (SSSR count). The maximum atomic E-state index is 5.56. The van der Waals surface area contributed by atoms with Gasteiger partial charge in [0.1, 0.15) is 11.3 Å². The van der Waals surface area contributed by atoms with Gasteiger partial charge in [0.2, 0.25) is 0 Å². The minimum atomic E-state index is 0.557. The zero-order valence-electron chi connectivity index (χ0n) is 7.28. The molecule has 0 saturated heterocycles. The Hall–Kier alpha value is -1.13. The first-order valence-corrected chi connectivity index (χ1v) is 4.82. The zero-order chi connectivity index (χ0) is 9.26. The van der Waals surface area contributed by atoms with E-state index in [-0.39, 0.29) is 0 Å². The van der Waals surface area contributed by atoms with Gasteiger partial charge in [-0.2, -0.15) is 0 Å². The second-order valence-corrected chi connectivity index (χ2v) is 3.83. The summed E-state index contributed by atoms with van der Waals surface area (Å²) in [6, 6.07) is 1.90. The van der Waals surface area contributed by atoms with Crippen molar-refractivity contribution in [3.63, 3.8) is 0 Å². The number of rotatable bonds is 2. The van der Waals surface area contributed by atoms with E-state index in [0.717, 1.165) is 21.1 Å². The van der Waals surface area contributed by atoms with Gasteiger partial charge in [0.15, 0.2) is 0 Å². The standard InChI is InChI=1S/C9H10N2OS/c1-6-8(4-10)13-9(11-6)7-2-3-12-5-7/h2-3,5H,4,10H2,1H3. The third-order valence-corrected chi connectivity index (χ3v) is 3.08. The van der Waals surface area contributed by atoms with Gasteiger partial charge in [-0.1, -0.05) is 0 Å². The highest BCUT2D eigenvalue weighted by molar-refractivity contribution is 7.15. The van der Waals surface area contributed by atoms with E-state index in [1.807, 2.05) is 13.0 Å². The molecular formula is C9H10N2OS. The molecule has 2 aromatic heterocycles. The van der Waals surface area contributed by atoms with Gasteiger partial charge in [-0.05, 0) is 13.0 Å². The maximum absolute atomic E-state index is 5.56.